The van der Waals surface area contributed by atoms with E-state index < -0.39 is 0 Å². The van der Waals surface area contributed by atoms with Gasteiger partial charge in [-0.05, 0) is 37.3 Å². The Morgan fingerprint density at radius 2 is 2.16 bits per heavy atom. The molecule has 0 bridgehead atoms. The Bertz CT molecular complexity index is 638. The molecule has 0 aliphatic carbocycles. The van der Waals surface area contributed by atoms with Gasteiger partial charge in [0.1, 0.15) is 11.5 Å². The maximum atomic E-state index is 12.2. The molecule has 1 aromatic carbocycles. The summed E-state index contributed by atoms with van der Waals surface area (Å²) in [6.07, 6.45) is 0. The van der Waals surface area contributed by atoms with Crippen LogP contribution >= 0.6 is 0 Å². The fourth-order valence-corrected chi connectivity index (χ4v) is 1.82. The molecule has 0 radical (unpaired) electrons. The Morgan fingerprint density at radius 3 is 2.79 bits per heavy atom. The van der Waals surface area contributed by atoms with Crippen molar-refractivity contribution in [2.45, 2.75) is 13.5 Å². The highest BCUT2D eigenvalue weighted by atomic mass is 16.3. The summed E-state index contributed by atoms with van der Waals surface area (Å²) in [6, 6.07) is 12.4. The van der Waals surface area contributed by atoms with Gasteiger partial charge in [-0.2, -0.15) is 5.26 Å². The van der Waals surface area contributed by atoms with Crippen molar-refractivity contribution in [2.24, 2.45) is 0 Å². The second-order valence-electron chi connectivity index (χ2n) is 4.37. The molecule has 2 aromatic rings. The quantitative estimate of drug-likeness (QED) is 0.846. The third kappa shape index (κ3) is 3.02. The van der Waals surface area contributed by atoms with E-state index in [1.165, 1.54) is 0 Å². The first-order valence-corrected chi connectivity index (χ1v) is 5.91. The zero-order valence-electron chi connectivity index (χ0n) is 10.9. The Labute approximate surface area is 111 Å². The van der Waals surface area contributed by atoms with Crippen LogP contribution in [0.15, 0.2) is 40.8 Å². The average Bonchev–Trinajstić information content (AvgIpc) is 2.83. The van der Waals surface area contributed by atoms with Crippen LogP contribution in [-0.2, 0) is 6.54 Å². The molecule has 1 amide bonds. The van der Waals surface area contributed by atoms with Gasteiger partial charge in [-0.3, -0.25) is 4.79 Å². The molecule has 2 rings (SSSR count). The molecule has 96 valence electrons. The Hall–Kier alpha value is -2.54. The summed E-state index contributed by atoms with van der Waals surface area (Å²) < 4.78 is 5.44. The monoisotopic (exact) mass is 254 g/mol. The number of amides is 1. The van der Waals surface area contributed by atoms with E-state index in [4.69, 9.17) is 9.68 Å². The number of aryl methyl sites for hydroxylation is 1. The Kier molecular flexibility index (Phi) is 3.67. The minimum Gasteiger partial charge on any atom is -0.464 e. The van der Waals surface area contributed by atoms with Crippen molar-refractivity contribution in [3.8, 4) is 6.07 Å². The topological polar surface area (TPSA) is 57.2 Å². The predicted octanol–water partition coefficient (Wildman–Crippen LogP) is 2.73. The molecular weight excluding hydrogens is 240 g/mol. The van der Waals surface area contributed by atoms with E-state index >= 15 is 0 Å². The van der Waals surface area contributed by atoms with Crippen LogP contribution in [0.1, 0.15) is 27.4 Å². The van der Waals surface area contributed by atoms with Crippen LogP contribution in [-0.4, -0.2) is 17.9 Å². The lowest BCUT2D eigenvalue weighted by Gasteiger charge is -2.15. The molecule has 0 aliphatic rings. The van der Waals surface area contributed by atoms with Crippen LogP contribution in [0.5, 0.6) is 0 Å². The van der Waals surface area contributed by atoms with Gasteiger partial charge in [0.05, 0.1) is 18.2 Å². The molecule has 4 heteroatoms. The van der Waals surface area contributed by atoms with Crippen LogP contribution in [0.25, 0.3) is 0 Å². The zero-order valence-corrected chi connectivity index (χ0v) is 10.9. The maximum absolute atomic E-state index is 12.2. The molecule has 0 N–H and O–H groups in total. The summed E-state index contributed by atoms with van der Waals surface area (Å²) in [5, 5.41) is 8.83. The first kappa shape index (κ1) is 12.9. The normalized spacial score (nSPS) is 9.95. The maximum Gasteiger partial charge on any atom is 0.254 e. The highest BCUT2D eigenvalue weighted by Crippen LogP contribution is 2.12. The molecule has 19 heavy (non-hydrogen) atoms. The standard InChI is InChI=1S/C15H14N2O2/c1-11-6-7-14(19-11)10-17(2)15(18)13-5-3-4-12(8-13)9-16/h3-8H,10H2,1-2H3. The van der Waals surface area contributed by atoms with Crippen molar-refractivity contribution in [2.75, 3.05) is 7.05 Å². The molecule has 0 spiro atoms. The van der Waals surface area contributed by atoms with Gasteiger partial charge in [-0.25, -0.2) is 0 Å². The first-order valence-electron chi connectivity index (χ1n) is 5.91. The second kappa shape index (κ2) is 5.40. The first-order chi connectivity index (χ1) is 9.10. The van der Waals surface area contributed by atoms with E-state index in [9.17, 15) is 4.79 Å². The van der Waals surface area contributed by atoms with Gasteiger partial charge in [0.25, 0.3) is 5.91 Å². The van der Waals surface area contributed by atoms with E-state index in [1.54, 1.807) is 36.2 Å². The van der Waals surface area contributed by atoms with E-state index in [2.05, 4.69) is 0 Å². The number of carbonyl (C=O) groups excluding carboxylic acids is 1. The molecule has 0 aliphatic heterocycles. The lowest BCUT2D eigenvalue weighted by Crippen LogP contribution is -2.26. The van der Waals surface area contributed by atoms with E-state index in [-0.39, 0.29) is 5.91 Å². The van der Waals surface area contributed by atoms with Gasteiger partial charge >= 0.3 is 0 Å². The fraction of sp³-hybridized carbons (Fsp3) is 0.200. The van der Waals surface area contributed by atoms with Crippen molar-refractivity contribution >= 4 is 5.91 Å². The molecule has 0 fully saturated rings. The molecule has 1 heterocycles. The minimum absolute atomic E-state index is 0.133. The average molecular weight is 254 g/mol. The van der Waals surface area contributed by atoms with E-state index in [1.807, 2.05) is 25.1 Å². The predicted molar refractivity (Wildman–Crippen MR) is 70.4 cm³/mol. The van der Waals surface area contributed by atoms with Gasteiger partial charge < -0.3 is 9.32 Å². The summed E-state index contributed by atoms with van der Waals surface area (Å²) in [5.41, 5.74) is 0.984. The molecule has 0 saturated heterocycles. The summed E-state index contributed by atoms with van der Waals surface area (Å²) in [4.78, 5) is 13.8. The second-order valence-corrected chi connectivity index (χ2v) is 4.37. The van der Waals surface area contributed by atoms with Crippen LogP contribution < -0.4 is 0 Å². The van der Waals surface area contributed by atoms with Crippen molar-refractivity contribution in [3.05, 3.63) is 59.0 Å². The largest absolute Gasteiger partial charge is 0.464 e. The Morgan fingerprint density at radius 1 is 1.37 bits per heavy atom. The number of furan rings is 1. The fourth-order valence-electron chi connectivity index (χ4n) is 1.82. The number of benzene rings is 1. The van der Waals surface area contributed by atoms with Gasteiger partial charge in [-0.15, -0.1) is 0 Å². The summed E-state index contributed by atoms with van der Waals surface area (Å²) in [5.74, 6) is 1.43. The van der Waals surface area contributed by atoms with Crippen LogP contribution in [0.2, 0.25) is 0 Å². The highest BCUT2D eigenvalue weighted by molar-refractivity contribution is 5.94. The molecule has 1 aromatic heterocycles. The van der Waals surface area contributed by atoms with Crippen molar-refractivity contribution in [3.63, 3.8) is 0 Å². The van der Waals surface area contributed by atoms with E-state index in [0.29, 0.717) is 17.7 Å². The van der Waals surface area contributed by atoms with Gasteiger partial charge in [-0.1, -0.05) is 6.07 Å². The third-order valence-electron chi connectivity index (χ3n) is 2.77. The molecule has 0 atom stereocenters. The highest BCUT2D eigenvalue weighted by Gasteiger charge is 2.13. The van der Waals surface area contributed by atoms with Crippen LogP contribution in [0.4, 0.5) is 0 Å². The van der Waals surface area contributed by atoms with Gasteiger partial charge in [0.15, 0.2) is 0 Å². The number of nitriles is 1. The van der Waals surface area contributed by atoms with Crippen molar-refractivity contribution in [1.82, 2.24) is 4.90 Å². The molecular formula is C15H14N2O2. The van der Waals surface area contributed by atoms with Crippen molar-refractivity contribution < 1.29 is 9.21 Å². The smallest absolute Gasteiger partial charge is 0.254 e. The number of carbonyl (C=O) groups is 1. The van der Waals surface area contributed by atoms with Gasteiger partial charge in [0, 0.05) is 12.6 Å². The summed E-state index contributed by atoms with van der Waals surface area (Å²) in [7, 11) is 1.71. The number of hydrogen-bond acceptors (Lipinski definition) is 3. The summed E-state index contributed by atoms with van der Waals surface area (Å²) in [6.45, 7) is 2.27. The molecule has 4 nitrogen and oxygen atoms in total. The number of rotatable bonds is 3. The zero-order chi connectivity index (χ0) is 13.8. The van der Waals surface area contributed by atoms with E-state index in [0.717, 1.165) is 11.5 Å². The molecule has 0 unspecified atom stereocenters. The molecule has 0 saturated carbocycles. The van der Waals surface area contributed by atoms with Crippen LogP contribution in [0, 0.1) is 18.3 Å². The lowest BCUT2D eigenvalue weighted by atomic mass is 10.1. The lowest BCUT2D eigenvalue weighted by molar-refractivity contribution is 0.0775. The minimum atomic E-state index is -0.133. The van der Waals surface area contributed by atoms with Crippen molar-refractivity contribution in [1.29, 1.82) is 5.26 Å². The SMILES string of the molecule is Cc1ccc(CN(C)C(=O)c2cccc(C#N)c2)o1. The third-order valence-corrected chi connectivity index (χ3v) is 2.77. The van der Waals surface area contributed by atoms with Gasteiger partial charge in [0.2, 0.25) is 0 Å². The number of hydrogen-bond donors (Lipinski definition) is 0. The summed E-state index contributed by atoms with van der Waals surface area (Å²) >= 11 is 0. The number of nitrogens with zero attached hydrogens (tertiary/aromatic N) is 2. The van der Waals surface area contributed by atoms with Crippen LogP contribution in [0.3, 0.4) is 0 Å². The Balaban J connectivity index is 2.12.